The Hall–Kier alpha value is -1.59. The van der Waals surface area contributed by atoms with Crippen LogP contribution in [-0.2, 0) is 0 Å². The molecule has 0 bridgehead atoms. The van der Waals surface area contributed by atoms with Crippen molar-refractivity contribution in [3.05, 3.63) is 23.6 Å². The molecule has 0 amide bonds. The van der Waals surface area contributed by atoms with Gasteiger partial charge in [-0.25, -0.2) is 9.97 Å². The fourth-order valence-electron chi connectivity index (χ4n) is 2.20. The Morgan fingerprint density at radius 3 is 3.00 bits per heavy atom. The first kappa shape index (κ1) is 7.79. The van der Waals surface area contributed by atoms with Crippen LogP contribution in [0.5, 0.6) is 11.5 Å². The van der Waals surface area contributed by atoms with Crippen molar-refractivity contribution < 1.29 is 21.8 Å². The summed E-state index contributed by atoms with van der Waals surface area (Å²) in [6.45, 7) is -5.35. The predicted octanol–water partition coefficient (Wildman–Crippen LogP) is 3.16. The van der Waals surface area contributed by atoms with Crippen LogP contribution in [0, 0.1) is 0 Å². The number of fused-ring (bicyclic) bond motifs is 1. The van der Waals surface area contributed by atoms with Crippen LogP contribution in [0.1, 0.15) is 31.6 Å². The maximum atomic E-state index is 8.24. The van der Waals surface area contributed by atoms with E-state index in [1.807, 2.05) is 0 Å². The summed E-state index contributed by atoms with van der Waals surface area (Å²) in [4.78, 5) is 8.99. The minimum absolute atomic E-state index is 0.00403. The zero-order valence-electron chi connectivity index (χ0n) is 20.6. The Kier molecular flexibility index (Phi) is 2.52. The lowest BCUT2D eigenvalue weighted by Gasteiger charge is -2.15. The highest BCUT2D eigenvalue weighted by Crippen LogP contribution is 2.33. The Morgan fingerprint density at radius 1 is 1.32 bits per heavy atom. The van der Waals surface area contributed by atoms with Gasteiger partial charge in [0.15, 0.2) is 11.5 Å². The molecule has 2 heterocycles. The molecule has 1 fully saturated rings. The summed E-state index contributed by atoms with van der Waals surface area (Å²) in [5, 5.41) is 0.211. The number of rotatable bonds is 6. The molecule has 6 heteroatoms. The quantitative estimate of drug-likeness (QED) is 0.761. The van der Waals surface area contributed by atoms with Crippen LogP contribution < -0.4 is 9.47 Å². The number of nitrogens with zero attached hydrogens (tertiary/aromatic N) is 3. The molecular formula is C16H20ClN3O2. The first-order valence-corrected chi connectivity index (χ1v) is 7.11. The summed E-state index contributed by atoms with van der Waals surface area (Å²) >= 11 is 6.01. The molecule has 1 aliphatic heterocycles. The molecule has 0 radical (unpaired) electrons. The first-order valence-electron chi connectivity index (χ1n) is 11.2. The molecule has 3 rings (SSSR count). The van der Waals surface area contributed by atoms with Gasteiger partial charge in [0.05, 0.1) is 26.0 Å². The maximum absolute atomic E-state index is 8.24. The number of ether oxygens (including phenoxy) is 2. The smallest absolute Gasteiger partial charge is 0.163 e. The Morgan fingerprint density at radius 2 is 2.18 bits per heavy atom. The standard InChI is InChI=1S/C16H20ClN3O2/c1-21-14-9-12-13(18-11-19-16(12)17)10-15(14)22-8-4-7-20-5-2-3-6-20/h9-11H,2-8H2,1H3/i1D3,4D2,7D2,8D2. The van der Waals surface area contributed by atoms with Crippen LogP contribution in [0.25, 0.3) is 10.9 Å². The zero-order chi connectivity index (χ0) is 23.2. The number of methoxy groups -OCH3 is 1. The van der Waals surface area contributed by atoms with Crippen LogP contribution in [0.2, 0.25) is 5.15 Å². The van der Waals surface area contributed by atoms with Gasteiger partial charge in [-0.2, -0.15) is 0 Å². The minimum atomic E-state index is -3.21. The first-order chi connectivity index (χ1) is 14.2. The average molecular weight is 331 g/mol. The molecule has 1 aromatic carbocycles. The Labute approximate surface area is 147 Å². The molecule has 0 unspecified atom stereocenters. The van der Waals surface area contributed by atoms with Crippen molar-refractivity contribution in [1.29, 1.82) is 0 Å². The van der Waals surface area contributed by atoms with Gasteiger partial charge >= 0.3 is 0 Å². The third-order valence-corrected chi connectivity index (χ3v) is 3.60. The molecule has 0 spiro atoms. The number of likely N-dealkylation sites (tertiary alicyclic amines) is 1. The number of aromatic nitrogens is 2. The molecule has 2 aromatic rings. The summed E-state index contributed by atoms with van der Waals surface area (Å²) < 4.78 is 81.6. The van der Waals surface area contributed by atoms with Gasteiger partial charge in [0.1, 0.15) is 11.5 Å². The Bertz CT molecular complexity index is 965. The van der Waals surface area contributed by atoms with Crippen molar-refractivity contribution in [3.8, 4) is 11.5 Å². The molecule has 0 aliphatic carbocycles. The van der Waals surface area contributed by atoms with Gasteiger partial charge in [-0.05, 0) is 38.4 Å². The fraction of sp³-hybridized carbons (Fsp3) is 0.500. The molecule has 5 nitrogen and oxygen atoms in total. The maximum Gasteiger partial charge on any atom is 0.163 e. The molecule has 0 N–H and O–H groups in total. The van der Waals surface area contributed by atoms with Crippen LogP contribution in [0.15, 0.2) is 18.5 Å². The lowest BCUT2D eigenvalue weighted by atomic mass is 10.2. The van der Waals surface area contributed by atoms with Gasteiger partial charge in [0, 0.05) is 23.4 Å². The van der Waals surface area contributed by atoms with Crippen molar-refractivity contribution in [2.24, 2.45) is 0 Å². The monoisotopic (exact) mass is 330 g/mol. The van der Waals surface area contributed by atoms with Crippen LogP contribution in [0.3, 0.4) is 0 Å². The van der Waals surface area contributed by atoms with Crippen LogP contribution >= 0.6 is 11.6 Å². The van der Waals surface area contributed by atoms with E-state index in [9.17, 15) is 0 Å². The normalized spacial score (nSPS) is 24.0. The lowest BCUT2D eigenvalue weighted by molar-refractivity contribution is 0.254. The van der Waals surface area contributed by atoms with E-state index in [1.165, 1.54) is 4.90 Å². The van der Waals surface area contributed by atoms with Gasteiger partial charge in [-0.3, -0.25) is 0 Å². The van der Waals surface area contributed by atoms with E-state index in [4.69, 9.17) is 33.4 Å². The number of benzene rings is 1. The van der Waals surface area contributed by atoms with Crippen LogP contribution in [-0.4, -0.2) is 48.1 Å². The SMILES string of the molecule is [2H]C([2H])([2H])Oc1cc2c(Cl)ncnc2cc1OC([2H])([2H])C([2H])([2H])C([2H])([2H])N1CCCC1. The number of halogens is 1. The van der Waals surface area contributed by atoms with Crippen molar-refractivity contribution in [2.75, 3.05) is 33.2 Å². The molecular weight excluding hydrogens is 302 g/mol. The van der Waals surface area contributed by atoms with E-state index in [-0.39, 0.29) is 29.1 Å². The second-order valence-electron chi connectivity index (χ2n) is 4.72. The third kappa shape index (κ3) is 3.42. The summed E-state index contributed by atoms with van der Waals surface area (Å²) in [7, 11) is -2.93. The molecule has 0 atom stereocenters. The van der Waals surface area contributed by atoms with E-state index >= 15 is 0 Å². The minimum Gasteiger partial charge on any atom is -0.493 e. The highest BCUT2D eigenvalue weighted by Gasteiger charge is 2.12. The number of hydrogen-bond acceptors (Lipinski definition) is 5. The van der Waals surface area contributed by atoms with Crippen molar-refractivity contribution >= 4 is 22.5 Å². The zero-order valence-corrected chi connectivity index (χ0v) is 12.4. The molecule has 22 heavy (non-hydrogen) atoms. The van der Waals surface area contributed by atoms with Crippen molar-refractivity contribution in [1.82, 2.24) is 14.9 Å². The second kappa shape index (κ2) is 7.11. The molecule has 1 saturated heterocycles. The average Bonchev–Trinajstić information content (AvgIpc) is 3.16. The van der Waals surface area contributed by atoms with Gasteiger partial charge in [-0.1, -0.05) is 11.6 Å². The van der Waals surface area contributed by atoms with E-state index in [1.54, 1.807) is 0 Å². The van der Waals surface area contributed by atoms with E-state index in [0.29, 0.717) is 12.8 Å². The summed E-state index contributed by atoms with van der Waals surface area (Å²) in [5.41, 5.74) is 0.173. The number of hydrogen-bond donors (Lipinski definition) is 0. The van der Waals surface area contributed by atoms with Gasteiger partial charge < -0.3 is 14.4 Å². The van der Waals surface area contributed by atoms with Gasteiger partial charge in [-0.15, -0.1) is 0 Å². The lowest BCUT2D eigenvalue weighted by Crippen LogP contribution is -2.21. The topological polar surface area (TPSA) is 47.5 Å². The second-order valence-corrected chi connectivity index (χ2v) is 5.08. The third-order valence-electron chi connectivity index (χ3n) is 3.29. The molecule has 0 saturated carbocycles. The highest BCUT2D eigenvalue weighted by atomic mass is 35.5. The summed E-state index contributed by atoms with van der Waals surface area (Å²) in [6, 6.07) is 2.30. The van der Waals surface area contributed by atoms with E-state index < -0.39 is 38.0 Å². The van der Waals surface area contributed by atoms with Crippen molar-refractivity contribution in [3.63, 3.8) is 0 Å². The molecule has 1 aromatic heterocycles. The van der Waals surface area contributed by atoms with Crippen LogP contribution in [0.4, 0.5) is 0 Å². The molecule has 118 valence electrons. The van der Waals surface area contributed by atoms with E-state index in [2.05, 4.69) is 9.97 Å². The fourth-order valence-corrected chi connectivity index (χ4v) is 2.40. The largest absolute Gasteiger partial charge is 0.493 e. The summed E-state index contributed by atoms with van der Waals surface area (Å²) in [5.74, 6) is -0.907. The predicted molar refractivity (Wildman–Crippen MR) is 86.9 cm³/mol. The molecule has 1 aliphatic rings. The summed E-state index contributed by atoms with van der Waals surface area (Å²) in [6.07, 6.45) is -0.666. The highest BCUT2D eigenvalue weighted by molar-refractivity contribution is 6.34. The van der Waals surface area contributed by atoms with Gasteiger partial charge in [0.25, 0.3) is 0 Å². The van der Waals surface area contributed by atoms with E-state index in [0.717, 1.165) is 18.5 Å². The van der Waals surface area contributed by atoms with Gasteiger partial charge in [0.2, 0.25) is 0 Å². The van der Waals surface area contributed by atoms with Crippen molar-refractivity contribution in [2.45, 2.75) is 19.2 Å². The Balaban J connectivity index is 2.04.